The van der Waals surface area contributed by atoms with Crippen molar-refractivity contribution in [2.24, 2.45) is 0 Å². The normalized spacial score (nSPS) is 10.5. The number of ether oxygens (including phenoxy) is 1. The average molecular weight is 340 g/mol. The first-order chi connectivity index (χ1) is 12.1. The van der Waals surface area contributed by atoms with Crippen LogP contribution in [-0.2, 0) is 6.54 Å². The highest BCUT2D eigenvalue weighted by Crippen LogP contribution is 2.25. The van der Waals surface area contributed by atoms with Crippen LogP contribution < -0.4 is 10.1 Å². The molecule has 0 aliphatic carbocycles. The van der Waals surface area contributed by atoms with E-state index in [9.17, 15) is 9.18 Å². The lowest BCUT2D eigenvalue weighted by atomic mass is 10.2. The van der Waals surface area contributed by atoms with Gasteiger partial charge in [0.15, 0.2) is 5.69 Å². The molecule has 0 spiro atoms. The highest BCUT2D eigenvalue weighted by molar-refractivity contribution is 5.93. The number of nitrogens with one attached hydrogen (secondary N) is 1. The monoisotopic (exact) mass is 340 g/mol. The fourth-order valence-electron chi connectivity index (χ4n) is 2.35. The largest absolute Gasteiger partial charge is 0.497 e. The lowest BCUT2D eigenvalue weighted by Gasteiger charge is -2.03. The van der Waals surface area contributed by atoms with Gasteiger partial charge in [-0.05, 0) is 42.8 Å². The molecule has 0 aliphatic heterocycles. The van der Waals surface area contributed by atoms with Crippen LogP contribution in [0.5, 0.6) is 5.75 Å². The number of nitrogens with zero attached hydrogens (tertiary/aromatic N) is 1. The molecule has 25 heavy (non-hydrogen) atoms. The van der Waals surface area contributed by atoms with Gasteiger partial charge in [0.05, 0.1) is 7.11 Å². The highest BCUT2D eigenvalue weighted by atomic mass is 19.1. The van der Waals surface area contributed by atoms with Crippen LogP contribution in [0, 0.1) is 12.7 Å². The van der Waals surface area contributed by atoms with Crippen LogP contribution in [0.4, 0.5) is 4.39 Å². The second kappa shape index (κ2) is 7.17. The fraction of sp³-hybridized carbons (Fsp3) is 0.158. The molecule has 0 atom stereocenters. The maximum absolute atomic E-state index is 12.9. The van der Waals surface area contributed by atoms with Crippen molar-refractivity contribution >= 4 is 5.91 Å². The Labute approximate surface area is 144 Å². The Hall–Kier alpha value is -3.15. The fourth-order valence-corrected chi connectivity index (χ4v) is 2.35. The number of carbonyl (C=O) groups is 1. The summed E-state index contributed by atoms with van der Waals surface area (Å²) in [6.45, 7) is 1.96. The Morgan fingerprint density at radius 2 is 2.00 bits per heavy atom. The standard InChI is InChI=1S/C19H17FN2O3/c1-12-17(18(23)21-11-13-6-8-15(20)9-7-13)22-19(25-12)14-4-3-5-16(10-14)24-2/h3-10H,11H2,1-2H3,(H,21,23). The minimum atomic E-state index is -0.347. The average Bonchev–Trinajstić information content (AvgIpc) is 3.03. The van der Waals surface area contributed by atoms with Crippen molar-refractivity contribution < 1.29 is 18.3 Å². The summed E-state index contributed by atoms with van der Waals surface area (Å²) in [5.74, 6) is 0.790. The molecule has 0 saturated carbocycles. The summed E-state index contributed by atoms with van der Waals surface area (Å²) >= 11 is 0. The summed E-state index contributed by atoms with van der Waals surface area (Å²) < 4.78 is 23.7. The van der Waals surface area contributed by atoms with Crippen molar-refractivity contribution in [1.82, 2.24) is 10.3 Å². The maximum atomic E-state index is 12.9. The van der Waals surface area contributed by atoms with Crippen molar-refractivity contribution in [3.05, 3.63) is 71.4 Å². The summed E-state index contributed by atoms with van der Waals surface area (Å²) in [5.41, 5.74) is 1.74. The zero-order valence-electron chi connectivity index (χ0n) is 13.9. The summed E-state index contributed by atoms with van der Waals surface area (Å²) in [6.07, 6.45) is 0. The van der Waals surface area contributed by atoms with E-state index in [-0.39, 0.29) is 24.0 Å². The van der Waals surface area contributed by atoms with Crippen molar-refractivity contribution in [3.63, 3.8) is 0 Å². The number of aromatic nitrogens is 1. The molecule has 0 saturated heterocycles. The van der Waals surface area contributed by atoms with Crippen LogP contribution >= 0.6 is 0 Å². The third-order valence-electron chi connectivity index (χ3n) is 3.69. The number of methoxy groups -OCH3 is 1. The number of hydrogen-bond donors (Lipinski definition) is 1. The Kier molecular flexibility index (Phi) is 4.79. The number of carbonyl (C=O) groups excluding carboxylic acids is 1. The number of benzene rings is 2. The van der Waals surface area contributed by atoms with Gasteiger partial charge < -0.3 is 14.5 Å². The molecule has 2 aromatic carbocycles. The second-order valence-corrected chi connectivity index (χ2v) is 5.46. The van der Waals surface area contributed by atoms with E-state index in [1.165, 1.54) is 12.1 Å². The van der Waals surface area contributed by atoms with E-state index in [2.05, 4.69) is 10.3 Å². The van der Waals surface area contributed by atoms with Crippen molar-refractivity contribution in [2.45, 2.75) is 13.5 Å². The van der Waals surface area contributed by atoms with Crippen LogP contribution in [-0.4, -0.2) is 18.0 Å². The summed E-state index contributed by atoms with van der Waals surface area (Å²) in [5, 5.41) is 2.75. The predicted octanol–water partition coefficient (Wildman–Crippen LogP) is 3.73. The van der Waals surface area contributed by atoms with E-state index in [1.807, 2.05) is 18.2 Å². The van der Waals surface area contributed by atoms with E-state index >= 15 is 0 Å². The molecule has 0 aliphatic rings. The first-order valence-electron chi connectivity index (χ1n) is 7.71. The molecule has 5 nitrogen and oxygen atoms in total. The zero-order valence-corrected chi connectivity index (χ0v) is 13.9. The first kappa shape index (κ1) is 16.7. The molecule has 1 aromatic heterocycles. The van der Waals surface area contributed by atoms with Gasteiger partial charge in [-0.25, -0.2) is 9.37 Å². The number of halogens is 1. The molecule has 0 bridgehead atoms. The van der Waals surface area contributed by atoms with Gasteiger partial charge in [-0.15, -0.1) is 0 Å². The Morgan fingerprint density at radius 3 is 2.72 bits per heavy atom. The van der Waals surface area contributed by atoms with Crippen LogP contribution in [0.1, 0.15) is 21.8 Å². The summed E-state index contributed by atoms with van der Waals surface area (Å²) in [4.78, 5) is 16.6. The van der Waals surface area contributed by atoms with Gasteiger partial charge in [0.25, 0.3) is 5.91 Å². The van der Waals surface area contributed by atoms with Gasteiger partial charge >= 0.3 is 0 Å². The second-order valence-electron chi connectivity index (χ2n) is 5.46. The lowest BCUT2D eigenvalue weighted by molar-refractivity contribution is 0.0945. The third kappa shape index (κ3) is 3.85. The number of amides is 1. The zero-order chi connectivity index (χ0) is 17.8. The molecule has 3 rings (SSSR count). The van der Waals surface area contributed by atoms with Crippen LogP contribution in [0.15, 0.2) is 52.9 Å². The van der Waals surface area contributed by atoms with Gasteiger partial charge in [-0.3, -0.25) is 4.79 Å². The number of rotatable bonds is 5. The van der Waals surface area contributed by atoms with Crippen LogP contribution in [0.2, 0.25) is 0 Å². The van der Waals surface area contributed by atoms with E-state index in [0.717, 1.165) is 11.1 Å². The van der Waals surface area contributed by atoms with E-state index < -0.39 is 0 Å². The molecule has 1 heterocycles. The molecule has 1 N–H and O–H groups in total. The molecule has 0 unspecified atom stereocenters. The molecule has 0 fully saturated rings. The quantitative estimate of drug-likeness (QED) is 0.769. The van der Waals surface area contributed by atoms with Crippen molar-refractivity contribution in [2.75, 3.05) is 7.11 Å². The topological polar surface area (TPSA) is 64.4 Å². The smallest absolute Gasteiger partial charge is 0.273 e. The van der Waals surface area contributed by atoms with E-state index in [0.29, 0.717) is 17.4 Å². The summed E-state index contributed by atoms with van der Waals surface area (Å²) in [7, 11) is 1.58. The minimum absolute atomic E-state index is 0.222. The number of aryl methyl sites for hydroxylation is 1. The molecule has 3 aromatic rings. The van der Waals surface area contributed by atoms with E-state index in [4.69, 9.17) is 9.15 Å². The number of oxazole rings is 1. The Bertz CT molecular complexity index is 888. The predicted molar refractivity (Wildman–Crippen MR) is 90.8 cm³/mol. The van der Waals surface area contributed by atoms with Gasteiger partial charge in [0.1, 0.15) is 17.3 Å². The minimum Gasteiger partial charge on any atom is -0.497 e. The number of hydrogen-bond acceptors (Lipinski definition) is 4. The van der Waals surface area contributed by atoms with Gasteiger partial charge in [-0.1, -0.05) is 18.2 Å². The molecular formula is C19H17FN2O3. The molecule has 128 valence electrons. The van der Waals surface area contributed by atoms with Crippen LogP contribution in [0.25, 0.3) is 11.5 Å². The van der Waals surface area contributed by atoms with Crippen LogP contribution in [0.3, 0.4) is 0 Å². The van der Waals surface area contributed by atoms with Gasteiger partial charge in [-0.2, -0.15) is 0 Å². The Morgan fingerprint density at radius 1 is 1.24 bits per heavy atom. The molecule has 1 amide bonds. The van der Waals surface area contributed by atoms with Gasteiger partial charge in [0, 0.05) is 12.1 Å². The first-order valence-corrected chi connectivity index (χ1v) is 7.71. The van der Waals surface area contributed by atoms with Crippen molar-refractivity contribution in [3.8, 4) is 17.2 Å². The van der Waals surface area contributed by atoms with Crippen molar-refractivity contribution in [1.29, 1.82) is 0 Å². The lowest BCUT2D eigenvalue weighted by Crippen LogP contribution is -2.23. The summed E-state index contributed by atoms with van der Waals surface area (Å²) in [6, 6.07) is 13.2. The van der Waals surface area contributed by atoms with Gasteiger partial charge in [0.2, 0.25) is 5.89 Å². The SMILES string of the molecule is COc1cccc(-c2nc(C(=O)NCc3ccc(F)cc3)c(C)o2)c1. The Balaban J connectivity index is 1.75. The molecular weight excluding hydrogens is 323 g/mol. The van der Waals surface area contributed by atoms with E-state index in [1.54, 1.807) is 32.2 Å². The third-order valence-corrected chi connectivity index (χ3v) is 3.69. The highest BCUT2D eigenvalue weighted by Gasteiger charge is 2.18. The molecule has 0 radical (unpaired) electrons. The maximum Gasteiger partial charge on any atom is 0.273 e. The molecule has 6 heteroatoms.